The average Bonchev–Trinajstić information content (AvgIpc) is 2.46. The van der Waals surface area contributed by atoms with Crippen molar-refractivity contribution >= 4 is 5.78 Å². The average molecular weight is 272 g/mol. The van der Waals surface area contributed by atoms with Gasteiger partial charge in [-0.3, -0.25) is 4.79 Å². The van der Waals surface area contributed by atoms with Crippen LogP contribution in [-0.4, -0.2) is 5.78 Å². The minimum atomic E-state index is 0.268. The molecule has 0 amide bonds. The fourth-order valence-electron chi connectivity index (χ4n) is 3.17. The van der Waals surface area contributed by atoms with E-state index in [0.29, 0.717) is 11.7 Å². The Labute approximate surface area is 123 Å². The lowest BCUT2D eigenvalue weighted by Crippen LogP contribution is -2.16. The fourth-order valence-corrected chi connectivity index (χ4v) is 3.17. The second-order valence-corrected chi connectivity index (χ2v) is 6.34. The van der Waals surface area contributed by atoms with Gasteiger partial charge >= 0.3 is 0 Å². The van der Waals surface area contributed by atoms with Crippen molar-refractivity contribution in [1.29, 1.82) is 0 Å². The van der Waals surface area contributed by atoms with Crippen molar-refractivity contribution < 1.29 is 4.79 Å². The van der Waals surface area contributed by atoms with Crippen LogP contribution in [0.4, 0.5) is 0 Å². The van der Waals surface area contributed by atoms with E-state index in [0.717, 1.165) is 24.8 Å². The molecule has 1 aliphatic rings. The number of carbonyl (C=O) groups is 1. The number of carbonyl (C=O) groups excluding carboxylic acids is 1. The van der Waals surface area contributed by atoms with E-state index in [2.05, 4.69) is 26.0 Å². The number of ketones is 1. The maximum Gasteiger partial charge on any atom is 0.165 e. The standard InChI is InChI=1S/C19H28O/c1-3-15(2)16-11-13-18(14-12-16)19(20)17-9-7-5-4-6-8-10-17/h11-15,17H,3-10H2,1-2H3. The zero-order valence-corrected chi connectivity index (χ0v) is 13.0. The van der Waals surface area contributed by atoms with E-state index in [4.69, 9.17) is 0 Å². The van der Waals surface area contributed by atoms with Crippen LogP contribution in [0.5, 0.6) is 0 Å². The lowest BCUT2D eigenvalue weighted by Gasteiger charge is -2.19. The van der Waals surface area contributed by atoms with Crippen LogP contribution in [0.1, 0.15) is 87.1 Å². The Morgan fingerprint density at radius 1 is 1.05 bits per heavy atom. The van der Waals surface area contributed by atoms with Gasteiger partial charge in [0, 0.05) is 11.5 Å². The quantitative estimate of drug-likeness (QED) is 0.638. The highest BCUT2D eigenvalue weighted by molar-refractivity contribution is 5.97. The van der Waals surface area contributed by atoms with Crippen LogP contribution in [0.2, 0.25) is 0 Å². The molecule has 1 aromatic rings. The first-order valence-electron chi connectivity index (χ1n) is 8.36. The van der Waals surface area contributed by atoms with E-state index in [1.54, 1.807) is 0 Å². The van der Waals surface area contributed by atoms with Crippen LogP contribution in [0.25, 0.3) is 0 Å². The Morgan fingerprint density at radius 2 is 1.60 bits per heavy atom. The summed E-state index contributed by atoms with van der Waals surface area (Å²) < 4.78 is 0. The Morgan fingerprint density at radius 3 is 2.15 bits per heavy atom. The topological polar surface area (TPSA) is 17.1 Å². The molecule has 1 aliphatic carbocycles. The van der Waals surface area contributed by atoms with Crippen molar-refractivity contribution in [2.24, 2.45) is 5.92 Å². The van der Waals surface area contributed by atoms with Crippen LogP contribution >= 0.6 is 0 Å². The summed E-state index contributed by atoms with van der Waals surface area (Å²) in [5.41, 5.74) is 2.27. The van der Waals surface area contributed by atoms with E-state index < -0.39 is 0 Å². The summed E-state index contributed by atoms with van der Waals surface area (Å²) in [5.74, 6) is 1.23. The van der Waals surface area contributed by atoms with Crippen LogP contribution in [0, 0.1) is 5.92 Å². The lowest BCUT2D eigenvalue weighted by atomic mass is 9.85. The molecule has 0 heterocycles. The van der Waals surface area contributed by atoms with Gasteiger partial charge in [-0.2, -0.15) is 0 Å². The maximum absolute atomic E-state index is 12.6. The van der Waals surface area contributed by atoms with E-state index >= 15 is 0 Å². The molecule has 2 rings (SSSR count). The molecular formula is C19H28O. The minimum Gasteiger partial charge on any atom is -0.294 e. The Hall–Kier alpha value is -1.11. The Balaban J connectivity index is 2.03. The third-order valence-electron chi connectivity index (χ3n) is 4.85. The summed E-state index contributed by atoms with van der Waals surface area (Å²) >= 11 is 0. The zero-order chi connectivity index (χ0) is 14.4. The van der Waals surface area contributed by atoms with E-state index in [-0.39, 0.29) is 5.92 Å². The van der Waals surface area contributed by atoms with Gasteiger partial charge in [-0.1, -0.05) is 70.2 Å². The van der Waals surface area contributed by atoms with Crippen molar-refractivity contribution in [1.82, 2.24) is 0 Å². The lowest BCUT2D eigenvalue weighted by molar-refractivity contribution is 0.0898. The van der Waals surface area contributed by atoms with Gasteiger partial charge in [-0.15, -0.1) is 0 Å². The number of hydrogen-bond donors (Lipinski definition) is 0. The summed E-state index contributed by atoms with van der Waals surface area (Å²) in [5, 5.41) is 0. The molecule has 0 spiro atoms. The first kappa shape index (κ1) is 15.3. The molecule has 1 saturated carbocycles. The highest BCUT2D eigenvalue weighted by Crippen LogP contribution is 2.26. The molecule has 1 heteroatoms. The van der Waals surface area contributed by atoms with Gasteiger partial charge in [0.25, 0.3) is 0 Å². The number of Topliss-reactive ketones (excluding diaryl/α,β-unsaturated/α-hetero) is 1. The molecule has 0 aromatic heterocycles. The van der Waals surface area contributed by atoms with Gasteiger partial charge in [0.15, 0.2) is 5.78 Å². The van der Waals surface area contributed by atoms with Crippen molar-refractivity contribution in [3.05, 3.63) is 35.4 Å². The minimum absolute atomic E-state index is 0.268. The molecule has 0 bridgehead atoms. The molecule has 0 N–H and O–H groups in total. The third kappa shape index (κ3) is 3.94. The number of hydrogen-bond acceptors (Lipinski definition) is 1. The molecule has 0 radical (unpaired) electrons. The van der Waals surface area contributed by atoms with Gasteiger partial charge in [-0.05, 0) is 30.7 Å². The summed E-state index contributed by atoms with van der Waals surface area (Å²) in [7, 11) is 0. The molecule has 1 aromatic carbocycles. The molecule has 110 valence electrons. The van der Waals surface area contributed by atoms with Crippen LogP contribution in [0.3, 0.4) is 0 Å². The first-order valence-corrected chi connectivity index (χ1v) is 8.36. The molecule has 20 heavy (non-hydrogen) atoms. The fraction of sp³-hybridized carbons (Fsp3) is 0.632. The second kappa shape index (κ2) is 7.61. The summed E-state index contributed by atoms with van der Waals surface area (Å²) in [4.78, 5) is 12.6. The van der Waals surface area contributed by atoms with Crippen LogP contribution < -0.4 is 0 Å². The number of benzene rings is 1. The van der Waals surface area contributed by atoms with E-state index in [1.807, 2.05) is 12.1 Å². The van der Waals surface area contributed by atoms with Crippen LogP contribution in [0.15, 0.2) is 24.3 Å². The second-order valence-electron chi connectivity index (χ2n) is 6.34. The number of rotatable bonds is 4. The highest BCUT2D eigenvalue weighted by Gasteiger charge is 2.20. The largest absolute Gasteiger partial charge is 0.294 e. The van der Waals surface area contributed by atoms with Crippen molar-refractivity contribution in [2.75, 3.05) is 0 Å². The predicted octanol–water partition coefficient (Wildman–Crippen LogP) is 5.74. The van der Waals surface area contributed by atoms with E-state index in [9.17, 15) is 4.79 Å². The Kier molecular flexibility index (Phi) is 5.82. The highest BCUT2D eigenvalue weighted by atomic mass is 16.1. The smallest absolute Gasteiger partial charge is 0.165 e. The van der Waals surface area contributed by atoms with Crippen molar-refractivity contribution in [3.8, 4) is 0 Å². The third-order valence-corrected chi connectivity index (χ3v) is 4.85. The Bertz CT molecular complexity index is 410. The van der Waals surface area contributed by atoms with Gasteiger partial charge < -0.3 is 0 Å². The van der Waals surface area contributed by atoms with Gasteiger partial charge in [0.05, 0.1) is 0 Å². The van der Waals surface area contributed by atoms with Gasteiger partial charge in [0.2, 0.25) is 0 Å². The summed E-state index contributed by atoms with van der Waals surface area (Å²) in [6.07, 6.45) is 9.73. The normalized spacial score (nSPS) is 19.1. The van der Waals surface area contributed by atoms with Gasteiger partial charge in [0.1, 0.15) is 0 Å². The molecule has 0 saturated heterocycles. The summed E-state index contributed by atoms with van der Waals surface area (Å²) in [6, 6.07) is 8.37. The maximum atomic E-state index is 12.6. The predicted molar refractivity (Wildman–Crippen MR) is 85.3 cm³/mol. The monoisotopic (exact) mass is 272 g/mol. The molecule has 0 aliphatic heterocycles. The van der Waals surface area contributed by atoms with Gasteiger partial charge in [-0.25, -0.2) is 0 Å². The van der Waals surface area contributed by atoms with Crippen molar-refractivity contribution in [3.63, 3.8) is 0 Å². The molecule has 1 atom stereocenters. The summed E-state index contributed by atoms with van der Waals surface area (Å²) in [6.45, 7) is 4.45. The SMILES string of the molecule is CCC(C)c1ccc(C(=O)C2CCCCCCC2)cc1. The molecule has 1 nitrogen and oxygen atoms in total. The van der Waals surface area contributed by atoms with E-state index in [1.165, 1.54) is 37.7 Å². The molecular weight excluding hydrogens is 244 g/mol. The first-order chi connectivity index (χ1) is 9.72. The van der Waals surface area contributed by atoms with Crippen molar-refractivity contribution in [2.45, 2.75) is 71.1 Å². The molecule has 1 fully saturated rings. The zero-order valence-electron chi connectivity index (χ0n) is 13.0. The molecule has 1 unspecified atom stereocenters. The van der Waals surface area contributed by atoms with Crippen LogP contribution in [-0.2, 0) is 0 Å².